The van der Waals surface area contributed by atoms with Gasteiger partial charge in [-0.3, -0.25) is 9.48 Å². The van der Waals surface area contributed by atoms with E-state index in [0.29, 0.717) is 22.6 Å². The number of esters is 1. The van der Waals surface area contributed by atoms with E-state index in [4.69, 9.17) is 4.74 Å². The molecule has 0 bridgehead atoms. The van der Waals surface area contributed by atoms with E-state index >= 15 is 0 Å². The number of fused-ring (bicyclic) bond motifs is 1. The number of aromatic nitrogens is 5. The quantitative estimate of drug-likeness (QED) is 0.365. The van der Waals surface area contributed by atoms with Gasteiger partial charge in [0.1, 0.15) is 17.8 Å². The Kier molecular flexibility index (Phi) is 5.43. The normalized spacial score (nSPS) is 12.6. The summed E-state index contributed by atoms with van der Waals surface area (Å²) in [7, 11) is 0. The summed E-state index contributed by atoms with van der Waals surface area (Å²) in [5.74, 6) is -0.395. The van der Waals surface area contributed by atoms with Crippen LogP contribution in [0.3, 0.4) is 0 Å². The molecule has 0 aliphatic rings. The van der Waals surface area contributed by atoms with Crippen LogP contribution in [0.25, 0.3) is 16.9 Å². The van der Waals surface area contributed by atoms with Gasteiger partial charge in [0.2, 0.25) is 0 Å². The first-order valence-electron chi connectivity index (χ1n) is 9.88. The molecule has 0 spiro atoms. The molecule has 3 aromatic heterocycles. The molecular formula is C22H24N6O3. The maximum Gasteiger partial charge on any atom is 0.328 e. The van der Waals surface area contributed by atoms with E-state index in [1.54, 1.807) is 35.4 Å². The highest BCUT2D eigenvalue weighted by Gasteiger charge is 2.21. The molecule has 0 aliphatic carbocycles. The molecule has 0 fully saturated rings. The lowest BCUT2D eigenvalue weighted by Gasteiger charge is -2.19. The average molecular weight is 420 g/mol. The van der Waals surface area contributed by atoms with Crippen LogP contribution in [0.4, 0.5) is 5.69 Å². The van der Waals surface area contributed by atoms with Crippen molar-refractivity contribution in [2.45, 2.75) is 39.1 Å². The predicted octanol–water partition coefficient (Wildman–Crippen LogP) is 3.04. The summed E-state index contributed by atoms with van der Waals surface area (Å²) in [5.41, 5.74) is 2.51. The van der Waals surface area contributed by atoms with E-state index in [9.17, 15) is 9.90 Å². The third kappa shape index (κ3) is 4.72. The number of anilines is 1. The third-order valence-electron chi connectivity index (χ3n) is 4.41. The van der Waals surface area contributed by atoms with Gasteiger partial charge in [-0.25, -0.2) is 9.50 Å². The molecule has 1 atom stereocenters. The van der Waals surface area contributed by atoms with Gasteiger partial charge in [-0.1, -0.05) is 30.3 Å². The molecular weight excluding hydrogens is 396 g/mol. The molecule has 0 aliphatic heterocycles. The lowest BCUT2D eigenvalue weighted by molar-refractivity contribution is -0.155. The van der Waals surface area contributed by atoms with Crippen LogP contribution in [0.5, 0.6) is 0 Å². The second kappa shape index (κ2) is 8.19. The molecule has 0 saturated heterocycles. The Balaban J connectivity index is 1.63. The van der Waals surface area contributed by atoms with Crippen molar-refractivity contribution in [3.63, 3.8) is 0 Å². The van der Waals surface area contributed by atoms with Crippen LogP contribution in [-0.4, -0.2) is 41.1 Å². The highest BCUT2D eigenvalue weighted by molar-refractivity contribution is 5.75. The van der Waals surface area contributed by atoms with Crippen LogP contribution in [0.1, 0.15) is 32.6 Å². The van der Waals surface area contributed by atoms with Crippen LogP contribution >= 0.6 is 0 Å². The predicted molar refractivity (Wildman–Crippen MR) is 115 cm³/mol. The third-order valence-corrected chi connectivity index (χ3v) is 4.41. The van der Waals surface area contributed by atoms with Crippen molar-refractivity contribution in [1.82, 2.24) is 24.4 Å². The van der Waals surface area contributed by atoms with E-state index in [-0.39, 0.29) is 6.54 Å². The number of ether oxygens (including phenoxy) is 1. The number of carbonyl (C=O) groups is 1. The van der Waals surface area contributed by atoms with Gasteiger partial charge in [-0.2, -0.15) is 10.2 Å². The van der Waals surface area contributed by atoms with E-state index in [1.807, 2.05) is 51.1 Å². The number of carbonyl (C=O) groups excluding carboxylic acids is 1. The molecule has 31 heavy (non-hydrogen) atoms. The maximum absolute atomic E-state index is 12.3. The summed E-state index contributed by atoms with van der Waals surface area (Å²) < 4.78 is 8.48. The molecule has 4 aromatic rings. The van der Waals surface area contributed by atoms with Crippen LogP contribution in [0.2, 0.25) is 0 Å². The fourth-order valence-electron chi connectivity index (χ4n) is 3.19. The molecule has 2 N–H and O–H groups in total. The minimum atomic E-state index is -1.07. The number of hydrogen-bond acceptors (Lipinski definition) is 7. The van der Waals surface area contributed by atoms with Crippen molar-refractivity contribution in [3.8, 4) is 11.3 Å². The Labute approximate surface area is 179 Å². The SMILES string of the molecule is CC(C)(C)OC(=O)Cn1cc(NC(O)c2cnn3cccnc23)c(-c2ccccc2)n1. The van der Waals surface area contributed by atoms with E-state index < -0.39 is 17.8 Å². The van der Waals surface area contributed by atoms with E-state index in [2.05, 4.69) is 20.5 Å². The number of nitrogens with zero attached hydrogens (tertiary/aromatic N) is 5. The molecule has 1 unspecified atom stereocenters. The summed E-state index contributed by atoms with van der Waals surface area (Å²) in [6.07, 6.45) is 5.56. The Morgan fingerprint density at radius 1 is 1.23 bits per heavy atom. The maximum atomic E-state index is 12.3. The molecule has 3 heterocycles. The molecule has 9 heteroatoms. The van der Waals surface area contributed by atoms with Gasteiger partial charge in [0.05, 0.1) is 17.4 Å². The molecule has 1 aromatic carbocycles. The monoisotopic (exact) mass is 420 g/mol. The number of nitrogens with one attached hydrogen (secondary N) is 1. The van der Waals surface area contributed by atoms with Gasteiger partial charge in [-0.05, 0) is 26.8 Å². The number of rotatable bonds is 6. The lowest BCUT2D eigenvalue weighted by atomic mass is 10.1. The Morgan fingerprint density at radius 3 is 2.74 bits per heavy atom. The van der Waals surface area contributed by atoms with Gasteiger partial charge in [0, 0.05) is 24.2 Å². The number of aliphatic hydroxyl groups excluding tert-OH is 1. The summed E-state index contributed by atoms with van der Waals surface area (Å²) in [6, 6.07) is 11.3. The summed E-state index contributed by atoms with van der Waals surface area (Å²) in [5, 5.41) is 22.7. The summed E-state index contributed by atoms with van der Waals surface area (Å²) in [4.78, 5) is 16.5. The zero-order valence-electron chi connectivity index (χ0n) is 17.6. The highest BCUT2D eigenvalue weighted by atomic mass is 16.6. The van der Waals surface area contributed by atoms with Gasteiger partial charge >= 0.3 is 5.97 Å². The zero-order chi connectivity index (χ0) is 22.0. The fraction of sp³-hybridized carbons (Fsp3) is 0.273. The minimum Gasteiger partial charge on any atom is -0.459 e. The van der Waals surface area contributed by atoms with Crippen LogP contribution in [0.15, 0.2) is 61.2 Å². The van der Waals surface area contributed by atoms with Crippen LogP contribution < -0.4 is 5.32 Å². The van der Waals surface area contributed by atoms with Crippen molar-refractivity contribution >= 4 is 17.3 Å². The topological polar surface area (TPSA) is 107 Å². The zero-order valence-corrected chi connectivity index (χ0v) is 17.6. The first-order chi connectivity index (χ1) is 14.8. The number of aliphatic hydroxyl groups is 1. The highest BCUT2D eigenvalue weighted by Crippen LogP contribution is 2.29. The smallest absolute Gasteiger partial charge is 0.328 e. The minimum absolute atomic E-state index is 0.0485. The number of hydrogen-bond donors (Lipinski definition) is 2. The van der Waals surface area contributed by atoms with Crippen LogP contribution in [0, 0.1) is 0 Å². The lowest BCUT2D eigenvalue weighted by Crippen LogP contribution is -2.26. The van der Waals surface area contributed by atoms with E-state index in [0.717, 1.165) is 5.56 Å². The molecule has 0 radical (unpaired) electrons. The average Bonchev–Trinajstić information content (AvgIpc) is 3.31. The van der Waals surface area contributed by atoms with Crippen molar-refractivity contribution in [2.75, 3.05) is 5.32 Å². The second-order valence-electron chi connectivity index (χ2n) is 8.08. The number of benzene rings is 1. The Bertz CT molecular complexity index is 1190. The summed E-state index contributed by atoms with van der Waals surface area (Å²) >= 11 is 0. The first-order valence-corrected chi connectivity index (χ1v) is 9.88. The standard InChI is InChI=1S/C22H24N6O3/c1-22(2,3)31-18(29)14-27-13-17(19(26-27)15-8-5-4-6-9-15)25-21(30)16-12-24-28-11-7-10-23-20(16)28/h4-13,21,25,30H,14H2,1-3H3. The van der Waals surface area contributed by atoms with Crippen molar-refractivity contribution < 1.29 is 14.6 Å². The summed E-state index contributed by atoms with van der Waals surface area (Å²) in [6.45, 7) is 5.40. The van der Waals surface area contributed by atoms with Crippen molar-refractivity contribution in [1.29, 1.82) is 0 Å². The molecule has 0 saturated carbocycles. The molecule has 0 amide bonds. The molecule has 160 valence electrons. The molecule has 9 nitrogen and oxygen atoms in total. The van der Waals surface area contributed by atoms with Crippen molar-refractivity contribution in [2.24, 2.45) is 0 Å². The fourth-order valence-corrected chi connectivity index (χ4v) is 3.19. The molecule has 4 rings (SSSR count). The first kappa shape index (κ1) is 20.5. The van der Waals surface area contributed by atoms with Gasteiger partial charge in [0.25, 0.3) is 0 Å². The van der Waals surface area contributed by atoms with Crippen LogP contribution in [-0.2, 0) is 16.1 Å². The second-order valence-corrected chi connectivity index (χ2v) is 8.08. The van der Waals surface area contributed by atoms with Gasteiger partial charge in [-0.15, -0.1) is 0 Å². The van der Waals surface area contributed by atoms with Gasteiger partial charge in [0.15, 0.2) is 11.9 Å². The Morgan fingerprint density at radius 2 is 2.00 bits per heavy atom. The van der Waals surface area contributed by atoms with Crippen molar-refractivity contribution in [3.05, 3.63) is 66.7 Å². The Hall–Kier alpha value is -3.72. The largest absolute Gasteiger partial charge is 0.459 e. The van der Waals surface area contributed by atoms with Gasteiger partial charge < -0.3 is 15.2 Å². The van der Waals surface area contributed by atoms with E-state index in [1.165, 1.54) is 4.68 Å².